The first kappa shape index (κ1) is 11.1. The van der Waals surface area contributed by atoms with Gasteiger partial charge in [0, 0.05) is 12.1 Å². The van der Waals surface area contributed by atoms with E-state index in [4.69, 9.17) is 16.3 Å². The van der Waals surface area contributed by atoms with Gasteiger partial charge in [-0.25, -0.2) is 0 Å². The van der Waals surface area contributed by atoms with E-state index in [0.29, 0.717) is 6.61 Å². The maximum Gasteiger partial charge on any atom is 0.120 e. The fourth-order valence-electron chi connectivity index (χ4n) is 1.13. The molecular formula is C11H14ClNO. The second-order valence-corrected chi connectivity index (χ2v) is 3.10. The van der Waals surface area contributed by atoms with Crippen LogP contribution in [0.1, 0.15) is 5.56 Å². The van der Waals surface area contributed by atoms with Crippen molar-refractivity contribution in [1.29, 1.82) is 0 Å². The summed E-state index contributed by atoms with van der Waals surface area (Å²) in [6.45, 7) is 1.36. The van der Waals surface area contributed by atoms with Gasteiger partial charge in [-0.15, -0.1) is 0 Å². The minimum absolute atomic E-state index is 0.506. The number of hydrogen-bond acceptors (Lipinski definition) is 2. The fraction of sp³-hybridized carbons (Fsp3) is 0.273. The second-order valence-electron chi connectivity index (χ2n) is 2.85. The molecule has 0 heterocycles. The minimum Gasteiger partial charge on any atom is -0.489 e. The largest absolute Gasteiger partial charge is 0.489 e. The van der Waals surface area contributed by atoms with Crippen molar-refractivity contribution in [2.75, 3.05) is 13.7 Å². The van der Waals surface area contributed by atoms with Gasteiger partial charge >= 0.3 is 0 Å². The molecule has 0 fully saturated rings. The normalized spacial score (nSPS) is 10.7. The number of halogens is 1. The first-order valence-electron chi connectivity index (χ1n) is 4.48. The number of hydrogen-bond donors (Lipinski definition) is 1. The molecule has 0 unspecified atom stereocenters. The molecule has 1 aromatic carbocycles. The van der Waals surface area contributed by atoms with Crippen molar-refractivity contribution in [2.45, 2.75) is 6.54 Å². The number of ether oxygens (including phenoxy) is 1. The Hall–Kier alpha value is -0.990. The van der Waals surface area contributed by atoms with Gasteiger partial charge in [-0.3, -0.25) is 0 Å². The van der Waals surface area contributed by atoms with Crippen molar-refractivity contribution in [1.82, 2.24) is 5.32 Å². The average Bonchev–Trinajstić information content (AvgIpc) is 2.19. The van der Waals surface area contributed by atoms with E-state index in [-0.39, 0.29) is 0 Å². The maximum absolute atomic E-state index is 5.43. The van der Waals surface area contributed by atoms with Crippen molar-refractivity contribution in [3.63, 3.8) is 0 Å². The van der Waals surface area contributed by atoms with Gasteiger partial charge in [0.1, 0.15) is 12.4 Å². The Bertz CT molecular complexity index is 299. The minimum atomic E-state index is 0.506. The first-order chi connectivity index (χ1) is 6.86. The summed E-state index contributed by atoms with van der Waals surface area (Å²) < 4.78 is 5.43. The van der Waals surface area contributed by atoms with Crippen LogP contribution in [0.15, 0.2) is 35.9 Å². The highest BCUT2D eigenvalue weighted by molar-refractivity contribution is 6.25. The third-order valence-corrected chi connectivity index (χ3v) is 1.89. The van der Waals surface area contributed by atoms with Gasteiger partial charge in [-0.05, 0) is 30.8 Å². The molecule has 0 aliphatic heterocycles. The highest BCUT2D eigenvalue weighted by atomic mass is 35.5. The lowest BCUT2D eigenvalue weighted by molar-refractivity contribution is 0.362. The van der Waals surface area contributed by atoms with Crippen LogP contribution in [-0.2, 0) is 6.54 Å². The van der Waals surface area contributed by atoms with Crippen LogP contribution < -0.4 is 10.1 Å². The molecule has 0 spiro atoms. The molecule has 0 bridgehead atoms. The number of benzene rings is 1. The van der Waals surface area contributed by atoms with Gasteiger partial charge in [0.05, 0.1) is 0 Å². The molecule has 0 aliphatic rings. The van der Waals surface area contributed by atoms with E-state index >= 15 is 0 Å². The molecular weight excluding hydrogens is 198 g/mol. The molecule has 0 atom stereocenters. The van der Waals surface area contributed by atoms with E-state index in [2.05, 4.69) is 11.4 Å². The summed E-state index contributed by atoms with van der Waals surface area (Å²) in [5.41, 5.74) is 2.66. The van der Waals surface area contributed by atoms with E-state index < -0.39 is 0 Å². The molecule has 0 amide bonds. The van der Waals surface area contributed by atoms with E-state index in [0.717, 1.165) is 12.3 Å². The van der Waals surface area contributed by atoms with Crippen molar-refractivity contribution < 1.29 is 4.74 Å². The Balaban J connectivity index is 2.54. The van der Waals surface area contributed by atoms with Gasteiger partial charge < -0.3 is 10.1 Å². The zero-order chi connectivity index (χ0) is 10.2. The maximum atomic E-state index is 5.43. The molecule has 0 aromatic heterocycles. The van der Waals surface area contributed by atoms with Crippen LogP contribution >= 0.6 is 11.6 Å². The van der Waals surface area contributed by atoms with Gasteiger partial charge in [-0.1, -0.05) is 23.7 Å². The van der Waals surface area contributed by atoms with Crippen LogP contribution in [0.5, 0.6) is 5.75 Å². The molecule has 0 saturated carbocycles. The molecule has 0 saturated heterocycles. The number of nitrogens with one attached hydrogen (secondary N) is 1. The van der Waals surface area contributed by atoms with E-state index in [1.807, 2.05) is 25.2 Å². The standard InChI is InChI=1S/C11H14ClNO/c1-13-9-10-4-2-5-11(8-10)14-7-3-6-12/h2-6,8,13H,7,9H2,1H3/b6-3+. The van der Waals surface area contributed by atoms with E-state index in [9.17, 15) is 0 Å². The third kappa shape index (κ3) is 3.81. The summed E-state index contributed by atoms with van der Waals surface area (Å²) in [5.74, 6) is 0.868. The van der Waals surface area contributed by atoms with Gasteiger partial charge in [0.15, 0.2) is 0 Å². The summed E-state index contributed by atoms with van der Waals surface area (Å²) in [6.07, 6.45) is 1.76. The summed E-state index contributed by atoms with van der Waals surface area (Å²) in [4.78, 5) is 0. The van der Waals surface area contributed by atoms with Crippen LogP contribution in [0.3, 0.4) is 0 Å². The molecule has 0 radical (unpaired) electrons. The van der Waals surface area contributed by atoms with Crippen LogP contribution in [0.4, 0.5) is 0 Å². The SMILES string of the molecule is CNCc1cccc(OC/C=C/Cl)c1. The lowest BCUT2D eigenvalue weighted by atomic mass is 10.2. The average molecular weight is 212 g/mol. The Labute approximate surface area is 89.5 Å². The quantitative estimate of drug-likeness (QED) is 0.808. The van der Waals surface area contributed by atoms with Gasteiger partial charge in [-0.2, -0.15) is 0 Å². The van der Waals surface area contributed by atoms with Crippen molar-refractivity contribution >= 4 is 11.6 Å². The summed E-state index contributed by atoms with van der Waals surface area (Å²) in [5, 5.41) is 3.09. The molecule has 2 nitrogen and oxygen atoms in total. The highest BCUT2D eigenvalue weighted by Crippen LogP contribution is 2.12. The molecule has 14 heavy (non-hydrogen) atoms. The second kappa shape index (κ2) is 6.46. The summed E-state index contributed by atoms with van der Waals surface area (Å²) in [6, 6.07) is 7.98. The zero-order valence-electron chi connectivity index (χ0n) is 8.16. The van der Waals surface area contributed by atoms with Gasteiger partial charge in [0.2, 0.25) is 0 Å². The van der Waals surface area contributed by atoms with Gasteiger partial charge in [0.25, 0.3) is 0 Å². The van der Waals surface area contributed by atoms with Crippen LogP contribution in [0.2, 0.25) is 0 Å². The predicted octanol–water partition coefficient (Wildman–Crippen LogP) is 2.54. The van der Waals surface area contributed by atoms with Crippen molar-refractivity contribution in [3.05, 3.63) is 41.4 Å². The van der Waals surface area contributed by atoms with Crippen LogP contribution in [0.25, 0.3) is 0 Å². The fourth-order valence-corrected chi connectivity index (χ4v) is 1.20. The Morgan fingerprint density at radius 2 is 2.36 bits per heavy atom. The smallest absolute Gasteiger partial charge is 0.120 e. The lowest BCUT2D eigenvalue weighted by Gasteiger charge is -2.05. The molecule has 76 valence electrons. The Morgan fingerprint density at radius 3 is 3.07 bits per heavy atom. The van der Waals surface area contributed by atoms with Crippen LogP contribution in [-0.4, -0.2) is 13.7 Å². The number of rotatable bonds is 5. The lowest BCUT2D eigenvalue weighted by Crippen LogP contribution is -2.05. The molecule has 3 heteroatoms. The molecule has 0 aliphatic carbocycles. The molecule has 1 aromatic rings. The van der Waals surface area contributed by atoms with E-state index in [1.54, 1.807) is 6.08 Å². The highest BCUT2D eigenvalue weighted by Gasteiger charge is 1.94. The topological polar surface area (TPSA) is 21.3 Å². The third-order valence-electron chi connectivity index (χ3n) is 1.71. The van der Waals surface area contributed by atoms with Crippen molar-refractivity contribution in [3.8, 4) is 5.75 Å². The predicted molar refractivity (Wildman–Crippen MR) is 59.7 cm³/mol. The molecule has 1 rings (SSSR count). The summed E-state index contributed by atoms with van der Waals surface area (Å²) >= 11 is 5.38. The zero-order valence-corrected chi connectivity index (χ0v) is 8.92. The van der Waals surface area contributed by atoms with Crippen LogP contribution in [0, 0.1) is 0 Å². The summed E-state index contributed by atoms with van der Waals surface area (Å²) in [7, 11) is 1.92. The Morgan fingerprint density at radius 1 is 1.50 bits per heavy atom. The van der Waals surface area contributed by atoms with E-state index in [1.165, 1.54) is 11.1 Å². The molecule has 1 N–H and O–H groups in total. The van der Waals surface area contributed by atoms with Crippen molar-refractivity contribution in [2.24, 2.45) is 0 Å². The first-order valence-corrected chi connectivity index (χ1v) is 4.92. The monoisotopic (exact) mass is 211 g/mol. The Kier molecular flexibility index (Phi) is 5.12.